The van der Waals surface area contributed by atoms with Gasteiger partial charge in [0.25, 0.3) is 5.56 Å². The molecular weight excluding hydrogens is 412 g/mol. The molecule has 0 radical (unpaired) electrons. The van der Waals surface area contributed by atoms with E-state index in [9.17, 15) is 9.90 Å². The molecule has 5 rings (SSSR count). The van der Waals surface area contributed by atoms with Crippen LogP contribution in [0, 0.1) is 18.8 Å². The standard InChI is InChI=1S/C19H23BrN4O3/c1-9-12-7-21-19(22-13-4-5-27-8-15(13)25)23-17(12)24(18(26)16(9)20)14-3-2-10-6-11(10)14/h7,10-11,13-15,25H,2-6,8H2,1H3,(H,21,22,23)/t10-,11+,13?,14-,15-/m1/s1. The minimum Gasteiger partial charge on any atom is -0.389 e. The molecule has 1 saturated heterocycles. The number of ether oxygens (including phenoxy) is 1. The Labute approximate surface area is 165 Å². The van der Waals surface area contributed by atoms with Crippen molar-refractivity contribution in [3.8, 4) is 0 Å². The maximum Gasteiger partial charge on any atom is 0.267 e. The van der Waals surface area contributed by atoms with Crippen LogP contribution >= 0.6 is 15.9 Å². The van der Waals surface area contributed by atoms with Gasteiger partial charge in [-0.1, -0.05) is 0 Å². The molecule has 8 heteroatoms. The fraction of sp³-hybridized carbons (Fsp3) is 0.632. The molecule has 7 nitrogen and oxygen atoms in total. The highest BCUT2D eigenvalue weighted by atomic mass is 79.9. The van der Waals surface area contributed by atoms with Gasteiger partial charge in [0.2, 0.25) is 5.95 Å². The zero-order valence-corrected chi connectivity index (χ0v) is 16.8. The lowest BCUT2D eigenvalue weighted by molar-refractivity contribution is -0.0136. The van der Waals surface area contributed by atoms with E-state index >= 15 is 0 Å². The number of nitrogens with one attached hydrogen (secondary N) is 1. The number of rotatable bonds is 3. The number of hydrogen-bond donors (Lipinski definition) is 2. The van der Waals surface area contributed by atoms with Gasteiger partial charge in [-0.25, -0.2) is 4.98 Å². The normalized spacial score (nSPS) is 32.5. The van der Waals surface area contributed by atoms with Crippen molar-refractivity contribution >= 4 is 32.9 Å². The fourth-order valence-corrected chi connectivity index (χ4v) is 5.13. The van der Waals surface area contributed by atoms with E-state index in [2.05, 4.69) is 26.2 Å². The third-order valence-electron chi connectivity index (χ3n) is 6.41. The molecule has 2 N–H and O–H groups in total. The van der Waals surface area contributed by atoms with Crippen LogP contribution in [0.15, 0.2) is 15.5 Å². The summed E-state index contributed by atoms with van der Waals surface area (Å²) in [7, 11) is 0. The topological polar surface area (TPSA) is 89.3 Å². The number of nitrogens with zero attached hydrogens (tertiary/aromatic N) is 3. The molecule has 0 spiro atoms. The number of pyridine rings is 1. The Bertz CT molecular complexity index is 962. The molecule has 5 atom stereocenters. The van der Waals surface area contributed by atoms with Gasteiger partial charge in [-0.3, -0.25) is 9.36 Å². The molecule has 1 aliphatic heterocycles. The molecule has 3 heterocycles. The smallest absolute Gasteiger partial charge is 0.267 e. The third-order valence-corrected chi connectivity index (χ3v) is 7.35. The molecule has 2 aliphatic carbocycles. The molecule has 1 unspecified atom stereocenters. The van der Waals surface area contributed by atoms with Gasteiger partial charge in [0, 0.05) is 24.2 Å². The van der Waals surface area contributed by atoms with E-state index in [4.69, 9.17) is 9.72 Å². The summed E-state index contributed by atoms with van der Waals surface area (Å²) in [6, 6.07) is 0.0746. The number of aryl methyl sites for hydroxylation is 1. The van der Waals surface area contributed by atoms with Crippen molar-refractivity contribution in [3.63, 3.8) is 0 Å². The van der Waals surface area contributed by atoms with E-state index in [0.717, 1.165) is 23.3 Å². The quantitative estimate of drug-likeness (QED) is 0.770. The fourth-order valence-electron chi connectivity index (χ4n) is 4.73. The molecule has 2 aromatic rings. The van der Waals surface area contributed by atoms with Crippen molar-refractivity contribution in [2.45, 2.75) is 50.8 Å². The van der Waals surface area contributed by atoms with Gasteiger partial charge in [-0.15, -0.1) is 0 Å². The Hall–Kier alpha value is -1.51. The van der Waals surface area contributed by atoms with E-state index in [1.54, 1.807) is 6.20 Å². The number of halogens is 1. The molecule has 2 aromatic heterocycles. The Balaban J connectivity index is 1.60. The summed E-state index contributed by atoms with van der Waals surface area (Å²) in [4.78, 5) is 22.3. The first-order valence-corrected chi connectivity index (χ1v) is 10.4. The highest BCUT2D eigenvalue weighted by Crippen LogP contribution is 2.57. The van der Waals surface area contributed by atoms with Crippen molar-refractivity contribution in [1.29, 1.82) is 0 Å². The second-order valence-electron chi connectivity index (χ2n) is 8.03. The first-order valence-electron chi connectivity index (χ1n) is 9.64. The second-order valence-corrected chi connectivity index (χ2v) is 8.82. The van der Waals surface area contributed by atoms with Crippen LogP contribution in [-0.2, 0) is 4.74 Å². The number of anilines is 1. The van der Waals surface area contributed by atoms with E-state index in [-0.39, 0.29) is 17.6 Å². The molecule has 0 amide bonds. The molecule has 0 aromatic carbocycles. The number of aliphatic hydroxyl groups is 1. The first-order chi connectivity index (χ1) is 13.0. The van der Waals surface area contributed by atoms with Crippen LogP contribution in [0.1, 0.15) is 37.3 Å². The predicted molar refractivity (Wildman–Crippen MR) is 105 cm³/mol. The Morgan fingerprint density at radius 1 is 1.37 bits per heavy atom. The minimum atomic E-state index is -0.589. The van der Waals surface area contributed by atoms with Gasteiger partial charge in [0.05, 0.1) is 23.2 Å². The summed E-state index contributed by atoms with van der Waals surface area (Å²) in [5.74, 6) is 1.83. The highest BCUT2D eigenvalue weighted by molar-refractivity contribution is 9.10. The van der Waals surface area contributed by atoms with Crippen LogP contribution in [0.3, 0.4) is 0 Å². The lowest BCUT2D eigenvalue weighted by atomic mass is 10.1. The van der Waals surface area contributed by atoms with Crippen molar-refractivity contribution in [1.82, 2.24) is 14.5 Å². The van der Waals surface area contributed by atoms with Crippen LogP contribution in [0.2, 0.25) is 0 Å². The van der Waals surface area contributed by atoms with Gasteiger partial charge in [0.15, 0.2) is 0 Å². The van der Waals surface area contributed by atoms with E-state index in [1.165, 1.54) is 12.8 Å². The molecule has 27 heavy (non-hydrogen) atoms. The van der Waals surface area contributed by atoms with Gasteiger partial charge in [-0.05, 0) is 65.9 Å². The molecule has 144 valence electrons. The minimum absolute atomic E-state index is 0.00620. The van der Waals surface area contributed by atoms with Crippen LogP contribution in [0.25, 0.3) is 11.0 Å². The maximum absolute atomic E-state index is 13.1. The van der Waals surface area contributed by atoms with Crippen LogP contribution in [0.5, 0.6) is 0 Å². The highest BCUT2D eigenvalue weighted by Gasteiger charge is 2.49. The average molecular weight is 435 g/mol. The van der Waals surface area contributed by atoms with Crippen LogP contribution in [0.4, 0.5) is 5.95 Å². The average Bonchev–Trinajstić information content (AvgIpc) is 3.34. The summed E-state index contributed by atoms with van der Waals surface area (Å²) in [6.45, 7) is 2.84. The predicted octanol–water partition coefficient (Wildman–Crippen LogP) is 2.40. The molecule has 2 saturated carbocycles. The first kappa shape index (κ1) is 17.6. The summed E-state index contributed by atoms with van der Waals surface area (Å²) >= 11 is 3.49. The SMILES string of the molecule is Cc1c(Br)c(=O)n([C@@H]2CC[C@@H]3C[C@@H]32)c2nc(NC3CCOC[C@H]3O)ncc12. The van der Waals surface area contributed by atoms with Crippen LogP contribution < -0.4 is 10.9 Å². The second kappa shape index (κ2) is 6.53. The maximum atomic E-state index is 13.1. The molecule has 0 bridgehead atoms. The number of fused-ring (bicyclic) bond motifs is 2. The number of aliphatic hydroxyl groups excluding tert-OH is 1. The van der Waals surface area contributed by atoms with E-state index in [0.29, 0.717) is 41.6 Å². The summed E-state index contributed by atoms with van der Waals surface area (Å²) in [5, 5.41) is 14.3. The van der Waals surface area contributed by atoms with Gasteiger partial charge in [-0.2, -0.15) is 4.98 Å². The lowest BCUT2D eigenvalue weighted by Gasteiger charge is -2.28. The van der Waals surface area contributed by atoms with Gasteiger partial charge < -0.3 is 15.2 Å². The molecule has 3 aliphatic rings. The van der Waals surface area contributed by atoms with Gasteiger partial charge >= 0.3 is 0 Å². The number of aromatic nitrogens is 3. The lowest BCUT2D eigenvalue weighted by Crippen LogP contribution is -2.42. The zero-order chi connectivity index (χ0) is 18.7. The largest absolute Gasteiger partial charge is 0.389 e. The molecule has 3 fully saturated rings. The molecular formula is C19H23BrN4O3. The van der Waals surface area contributed by atoms with Crippen molar-refractivity contribution < 1.29 is 9.84 Å². The third kappa shape index (κ3) is 2.89. The van der Waals surface area contributed by atoms with Crippen molar-refractivity contribution in [3.05, 3.63) is 26.6 Å². The summed E-state index contributed by atoms with van der Waals surface area (Å²) in [6.07, 6.45) is 5.33. The monoisotopic (exact) mass is 434 g/mol. The van der Waals surface area contributed by atoms with E-state index in [1.807, 2.05) is 11.5 Å². The summed E-state index contributed by atoms with van der Waals surface area (Å²) in [5.41, 5.74) is 1.56. The van der Waals surface area contributed by atoms with E-state index < -0.39 is 6.10 Å². The zero-order valence-electron chi connectivity index (χ0n) is 15.2. The Morgan fingerprint density at radius 2 is 2.22 bits per heavy atom. The number of hydrogen-bond acceptors (Lipinski definition) is 6. The van der Waals surface area contributed by atoms with Crippen LogP contribution in [-0.4, -0.2) is 45.0 Å². The Kier molecular flexibility index (Phi) is 4.25. The van der Waals surface area contributed by atoms with Crippen molar-refractivity contribution in [2.75, 3.05) is 18.5 Å². The summed E-state index contributed by atoms with van der Waals surface area (Å²) < 4.78 is 7.77. The van der Waals surface area contributed by atoms with Gasteiger partial charge in [0.1, 0.15) is 5.65 Å². The Morgan fingerprint density at radius 3 is 2.93 bits per heavy atom. The van der Waals surface area contributed by atoms with Crippen molar-refractivity contribution in [2.24, 2.45) is 11.8 Å².